The van der Waals surface area contributed by atoms with Gasteiger partial charge < -0.3 is 5.32 Å². The maximum absolute atomic E-state index is 14.1. The van der Waals surface area contributed by atoms with Gasteiger partial charge in [-0.3, -0.25) is 0 Å². The van der Waals surface area contributed by atoms with Crippen molar-refractivity contribution in [1.29, 1.82) is 0 Å². The number of primary sulfonamides is 1. The van der Waals surface area contributed by atoms with E-state index in [1.54, 1.807) is 0 Å². The van der Waals surface area contributed by atoms with E-state index in [1.807, 2.05) is 0 Å². The van der Waals surface area contributed by atoms with Gasteiger partial charge in [0.05, 0.1) is 6.54 Å². The molecule has 0 bridgehead atoms. The molecule has 1 saturated carbocycles. The van der Waals surface area contributed by atoms with Gasteiger partial charge in [0.1, 0.15) is 5.82 Å². The fourth-order valence-electron chi connectivity index (χ4n) is 3.14. The maximum Gasteiger partial charge on any atom is 0.265 e. The van der Waals surface area contributed by atoms with Gasteiger partial charge in [-0.15, -0.1) is 0 Å². The van der Waals surface area contributed by atoms with Crippen molar-refractivity contribution in [1.82, 2.24) is 4.98 Å². The molecule has 1 atom stereocenters. The summed E-state index contributed by atoms with van der Waals surface area (Å²) in [6, 6.07) is 4.06. The summed E-state index contributed by atoms with van der Waals surface area (Å²) in [4.78, 5) is 3.74. The number of sulfonamides is 1. The molecule has 1 aromatic rings. The quantitative estimate of drug-likeness (QED) is 0.828. The van der Waals surface area contributed by atoms with E-state index in [-0.39, 0.29) is 28.6 Å². The smallest absolute Gasteiger partial charge is 0.265 e. The minimum Gasteiger partial charge on any atom is -0.364 e. The molecule has 130 valence electrons. The van der Waals surface area contributed by atoms with E-state index in [4.69, 9.17) is 5.14 Å². The number of aromatic nitrogens is 1. The summed E-state index contributed by atoms with van der Waals surface area (Å²) < 4.78 is 50.7. The number of halogens is 2. The number of rotatable bonds is 6. The molecule has 1 aliphatic carbocycles. The van der Waals surface area contributed by atoms with Gasteiger partial charge in [0.15, 0.2) is 5.03 Å². The lowest BCUT2D eigenvalue weighted by Gasteiger charge is -2.22. The second kappa shape index (κ2) is 6.32. The predicted octanol–water partition coefficient (Wildman–Crippen LogP) is 2.99. The number of anilines is 1. The van der Waals surface area contributed by atoms with Crippen LogP contribution in [0.5, 0.6) is 0 Å². The van der Waals surface area contributed by atoms with Crippen LogP contribution in [0.25, 0.3) is 0 Å². The first-order chi connectivity index (χ1) is 10.5. The van der Waals surface area contributed by atoms with Gasteiger partial charge in [0, 0.05) is 6.42 Å². The summed E-state index contributed by atoms with van der Waals surface area (Å²) in [7, 11) is -3.95. The van der Waals surface area contributed by atoms with Gasteiger partial charge in [-0.25, -0.2) is 27.3 Å². The molecule has 0 saturated heterocycles. The Hall–Kier alpha value is -1.28. The highest BCUT2D eigenvalue weighted by Crippen LogP contribution is 2.44. The standard InChI is InChI=1S/C15H23F2N3O2S/c1-14(2)7-6-11(8-14)9-15(16,17)10-19-12-4-3-5-13(20-12)23(18,21)22/h3-5,11H,6-10H2,1-2H3,(H,19,20)(H2,18,21,22). The molecule has 0 radical (unpaired) electrons. The highest BCUT2D eigenvalue weighted by atomic mass is 32.2. The fourth-order valence-corrected chi connectivity index (χ4v) is 3.63. The molecule has 0 aliphatic heterocycles. The molecule has 1 fully saturated rings. The molecule has 1 aliphatic rings. The van der Waals surface area contributed by atoms with Gasteiger partial charge in [0.2, 0.25) is 0 Å². The Morgan fingerprint density at radius 2 is 2.13 bits per heavy atom. The van der Waals surface area contributed by atoms with Crippen LogP contribution in [0.2, 0.25) is 0 Å². The second-order valence-corrected chi connectivity index (χ2v) is 8.60. The molecule has 0 aromatic carbocycles. The first kappa shape index (κ1) is 18.1. The third-order valence-corrected chi connectivity index (χ3v) is 5.01. The van der Waals surface area contributed by atoms with Crippen LogP contribution in [0.15, 0.2) is 23.2 Å². The number of nitrogens with zero attached hydrogens (tertiary/aromatic N) is 1. The zero-order chi connectivity index (χ0) is 17.3. The lowest BCUT2D eigenvalue weighted by atomic mass is 9.89. The average molecular weight is 347 g/mol. The van der Waals surface area contributed by atoms with E-state index in [2.05, 4.69) is 24.1 Å². The van der Waals surface area contributed by atoms with Crippen molar-refractivity contribution in [2.24, 2.45) is 16.5 Å². The Kier molecular flexibility index (Phi) is 4.96. The lowest BCUT2D eigenvalue weighted by Crippen LogP contribution is -2.30. The molecule has 5 nitrogen and oxygen atoms in total. The summed E-state index contributed by atoms with van der Waals surface area (Å²) in [6.07, 6.45) is 2.43. The van der Waals surface area contributed by atoms with Gasteiger partial charge in [-0.1, -0.05) is 19.9 Å². The van der Waals surface area contributed by atoms with Crippen LogP contribution in [-0.2, 0) is 10.0 Å². The van der Waals surface area contributed by atoms with Crippen molar-refractivity contribution < 1.29 is 17.2 Å². The monoisotopic (exact) mass is 347 g/mol. The van der Waals surface area contributed by atoms with Crippen LogP contribution in [0.3, 0.4) is 0 Å². The molecule has 3 N–H and O–H groups in total. The van der Waals surface area contributed by atoms with Crippen LogP contribution in [-0.4, -0.2) is 25.9 Å². The highest BCUT2D eigenvalue weighted by molar-refractivity contribution is 7.89. The third kappa shape index (κ3) is 5.39. The molecule has 8 heteroatoms. The van der Waals surface area contributed by atoms with Crippen LogP contribution >= 0.6 is 0 Å². The first-order valence-electron chi connectivity index (χ1n) is 7.58. The molecular formula is C15H23F2N3O2S. The average Bonchev–Trinajstić information content (AvgIpc) is 2.74. The Labute approximate surface area is 135 Å². The lowest BCUT2D eigenvalue weighted by molar-refractivity contribution is -0.00984. The Bertz CT molecular complexity index is 662. The van der Waals surface area contributed by atoms with Gasteiger partial charge in [-0.05, 0) is 42.7 Å². The van der Waals surface area contributed by atoms with E-state index in [0.717, 1.165) is 19.3 Å². The SMILES string of the molecule is CC1(C)CCC(CC(F)(F)CNc2cccc(S(N)(=O)=O)n2)C1. The maximum atomic E-state index is 14.1. The summed E-state index contributed by atoms with van der Waals surface area (Å²) in [5, 5.41) is 7.14. The summed E-state index contributed by atoms with van der Waals surface area (Å²) in [5.41, 5.74) is 0.138. The number of nitrogens with two attached hydrogens (primary N) is 1. The van der Waals surface area contributed by atoms with Crippen LogP contribution in [0, 0.1) is 11.3 Å². The van der Waals surface area contributed by atoms with E-state index >= 15 is 0 Å². The van der Waals surface area contributed by atoms with Crippen molar-refractivity contribution in [2.75, 3.05) is 11.9 Å². The van der Waals surface area contributed by atoms with E-state index in [1.165, 1.54) is 18.2 Å². The second-order valence-electron chi connectivity index (χ2n) is 7.09. The van der Waals surface area contributed by atoms with E-state index in [0.29, 0.717) is 0 Å². The zero-order valence-electron chi connectivity index (χ0n) is 13.4. The normalized spacial score (nSPS) is 21.3. The third-order valence-electron chi connectivity index (χ3n) is 4.20. The first-order valence-corrected chi connectivity index (χ1v) is 9.13. The molecule has 23 heavy (non-hydrogen) atoms. The van der Waals surface area contributed by atoms with Crippen molar-refractivity contribution in [3.63, 3.8) is 0 Å². The highest BCUT2D eigenvalue weighted by Gasteiger charge is 2.38. The topological polar surface area (TPSA) is 85.1 Å². The van der Waals surface area contributed by atoms with Gasteiger partial charge in [-0.2, -0.15) is 0 Å². The van der Waals surface area contributed by atoms with E-state index in [9.17, 15) is 17.2 Å². The van der Waals surface area contributed by atoms with Crippen molar-refractivity contribution in [3.8, 4) is 0 Å². The predicted molar refractivity (Wildman–Crippen MR) is 84.8 cm³/mol. The summed E-state index contributed by atoms with van der Waals surface area (Å²) in [5.74, 6) is -2.78. The van der Waals surface area contributed by atoms with Crippen LogP contribution < -0.4 is 10.5 Å². The number of nitrogens with one attached hydrogen (secondary N) is 1. The van der Waals surface area contributed by atoms with Crippen LogP contribution in [0.4, 0.5) is 14.6 Å². The molecule has 2 rings (SSSR count). The largest absolute Gasteiger partial charge is 0.364 e. The minimum absolute atomic E-state index is 0.0190. The fraction of sp³-hybridized carbons (Fsp3) is 0.667. The van der Waals surface area contributed by atoms with Crippen LogP contribution in [0.1, 0.15) is 39.5 Å². The Morgan fingerprint density at radius 3 is 2.70 bits per heavy atom. The van der Waals surface area contributed by atoms with Crippen molar-refractivity contribution in [3.05, 3.63) is 18.2 Å². The molecular weight excluding hydrogens is 324 g/mol. The number of pyridine rings is 1. The number of alkyl halides is 2. The summed E-state index contributed by atoms with van der Waals surface area (Å²) >= 11 is 0. The molecule has 1 heterocycles. The number of hydrogen-bond donors (Lipinski definition) is 2. The molecule has 1 unspecified atom stereocenters. The zero-order valence-corrected chi connectivity index (χ0v) is 14.2. The summed E-state index contributed by atoms with van der Waals surface area (Å²) in [6.45, 7) is 3.63. The Morgan fingerprint density at radius 1 is 1.43 bits per heavy atom. The van der Waals surface area contributed by atoms with E-state index < -0.39 is 22.5 Å². The molecule has 0 amide bonds. The minimum atomic E-state index is -3.95. The van der Waals surface area contributed by atoms with Crippen molar-refractivity contribution >= 4 is 15.8 Å². The molecule has 0 spiro atoms. The molecule has 1 aromatic heterocycles. The number of hydrogen-bond acceptors (Lipinski definition) is 4. The van der Waals surface area contributed by atoms with Gasteiger partial charge in [0.25, 0.3) is 15.9 Å². The van der Waals surface area contributed by atoms with Crippen molar-refractivity contribution in [2.45, 2.75) is 50.5 Å². The Balaban J connectivity index is 1.94. The van der Waals surface area contributed by atoms with Gasteiger partial charge >= 0.3 is 0 Å².